The summed E-state index contributed by atoms with van der Waals surface area (Å²) in [7, 11) is 4.12. The van der Waals surface area contributed by atoms with E-state index in [9.17, 15) is 9.18 Å². The van der Waals surface area contributed by atoms with Crippen molar-refractivity contribution < 1.29 is 13.6 Å². The largest absolute Gasteiger partial charge is 0.443 e. The molecule has 1 aliphatic rings. The molecule has 1 N–H and O–H groups in total. The number of nitrogens with one attached hydrogen (secondary N) is 1. The number of likely N-dealkylation sites (N-methyl/N-ethyl adjacent to an activating group) is 1. The molecule has 3 aromatic rings. The summed E-state index contributed by atoms with van der Waals surface area (Å²) in [4.78, 5) is 16.8. The fourth-order valence-corrected chi connectivity index (χ4v) is 3.18. The molecule has 0 bridgehead atoms. The summed E-state index contributed by atoms with van der Waals surface area (Å²) in [6, 6.07) is 17.1. The summed E-state index contributed by atoms with van der Waals surface area (Å²) >= 11 is 0. The van der Waals surface area contributed by atoms with E-state index in [0.717, 1.165) is 12.2 Å². The lowest BCUT2D eigenvalue weighted by Crippen LogP contribution is -2.32. The maximum atomic E-state index is 12.9. The Morgan fingerprint density at radius 2 is 1.81 bits per heavy atom. The third-order valence-electron chi connectivity index (χ3n) is 5.00. The smallest absolute Gasteiger partial charge is 0.291 e. The van der Waals surface area contributed by atoms with Crippen LogP contribution in [0.5, 0.6) is 0 Å². The molecule has 1 aliphatic heterocycles. The number of hydrogen-bond donors (Lipinski definition) is 1. The highest BCUT2D eigenvalue weighted by molar-refractivity contribution is 6.02. The van der Waals surface area contributed by atoms with Crippen molar-refractivity contribution in [1.29, 1.82) is 0 Å². The summed E-state index contributed by atoms with van der Waals surface area (Å²) in [5.41, 5.74) is 2.40. The quantitative estimate of drug-likeness (QED) is 0.645. The lowest BCUT2D eigenvalue weighted by atomic mass is 10.2. The van der Waals surface area contributed by atoms with E-state index >= 15 is 0 Å². The van der Waals surface area contributed by atoms with Crippen LogP contribution in [0.1, 0.15) is 21.9 Å². The Hall–Kier alpha value is -3.82. The second-order valence-electron chi connectivity index (χ2n) is 7.45. The van der Waals surface area contributed by atoms with Crippen molar-refractivity contribution in [3.63, 3.8) is 0 Å². The van der Waals surface area contributed by atoms with E-state index < -0.39 is 0 Å². The van der Waals surface area contributed by atoms with Crippen molar-refractivity contribution in [2.24, 2.45) is 0 Å². The van der Waals surface area contributed by atoms with Crippen LogP contribution in [0.2, 0.25) is 0 Å². The van der Waals surface area contributed by atoms with E-state index in [1.54, 1.807) is 24.3 Å². The maximum Gasteiger partial charge on any atom is 0.291 e. The molecule has 0 fully saturated rings. The molecule has 0 saturated heterocycles. The number of carbonyl (C=O) groups excluding carboxylic acids is 1. The monoisotopic (exact) mass is 415 g/mol. The number of benzene rings is 2. The molecule has 1 unspecified atom stereocenters. The number of nitrogens with zero attached hydrogens (tertiary/aromatic N) is 2. The van der Waals surface area contributed by atoms with Gasteiger partial charge >= 0.3 is 0 Å². The van der Waals surface area contributed by atoms with Crippen LogP contribution in [-0.2, 0) is 0 Å². The van der Waals surface area contributed by atoms with Crippen LogP contribution >= 0.6 is 0 Å². The highest BCUT2D eigenvalue weighted by Gasteiger charge is 2.18. The first-order valence-corrected chi connectivity index (χ1v) is 9.88. The molecule has 1 amide bonds. The molecule has 0 radical (unpaired) electrons. The summed E-state index contributed by atoms with van der Waals surface area (Å²) < 4.78 is 18.5. The van der Waals surface area contributed by atoms with Gasteiger partial charge in [0.25, 0.3) is 5.91 Å². The van der Waals surface area contributed by atoms with Crippen molar-refractivity contribution in [3.05, 3.63) is 95.8 Å². The van der Waals surface area contributed by atoms with Crippen LogP contribution in [0, 0.1) is 17.7 Å². The number of furan rings is 1. The van der Waals surface area contributed by atoms with Crippen molar-refractivity contribution in [1.82, 2.24) is 4.90 Å². The van der Waals surface area contributed by atoms with E-state index in [0.29, 0.717) is 23.1 Å². The van der Waals surface area contributed by atoms with Gasteiger partial charge < -0.3 is 19.5 Å². The Morgan fingerprint density at radius 3 is 2.48 bits per heavy atom. The number of carbonyl (C=O) groups is 1. The predicted molar refractivity (Wildman–Crippen MR) is 119 cm³/mol. The summed E-state index contributed by atoms with van der Waals surface area (Å²) in [6.07, 6.45) is 4.25. The topological polar surface area (TPSA) is 48.7 Å². The average molecular weight is 415 g/mol. The van der Waals surface area contributed by atoms with Crippen molar-refractivity contribution >= 4 is 17.3 Å². The summed E-state index contributed by atoms with van der Waals surface area (Å²) in [5.74, 6) is 5.58. The molecule has 5 nitrogen and oxygen atoms in total. The number of rotatable bonds is 4. The van der Waals surface area contributed by atoms with E-state index in [2.05, 4.69) is 53.3 Å². The van der Waals surface area contributed by atoms with Gasteiger partial charge in [0.05, 0.1) is 0 Å². The molecular formula is C25H22FN3O2. The van der Waals surface area contributed by atoms with Gasteiger partial charge in [0.2, 0.25) is 0 Å². The second kappa shape index (κ2) is 8.90. The van der Waals surface area contributed by atoms with E-state index in [-0.39, 0.29) is 17.5 Å². The molecule has 0 saturated carbocycles. The highest BCUT2D eigenvalue weighted by Crippen LogP contribution is 2.23. The number of hydrogen-bond acceptors (Lipinski definition) is 4. The van der Waals surface area contributed by atoms with E-state index in [4.69, 9.17) is 4.42 Å². The number of anilines is 2. The lowest BCUT2D eigenvalue weighted by Gasteiger charge is -2.22. The SMILES string of the molecule is CN(C)C1C=CN(c2ccc(NC(=O)c3ccc(C#Cc4ccc(F)cc4)o3)cc2)C1. The standard InChI is InChI=1S/C25H22FN3O2/c1-28(2)22-15-16-29(17-22)21-10-8-20(9-11-21)27-25(30)24-14-13-23(31-24)12-5-18-3-6-19(26)7-4-18/h3-4,6-11,13-16,22H,17H2,1-2H3,(H,27,30). The van der Waals surface area contributed by atoms with Crippen LogP contribution in [0.3, 0.4) is 0 Å². The molecule has 0 spiro atoms. The minimum absolute atomic E-state index is 0.170. The molecular weight excluding hydrogens is 393 g/mol. The number of amides is 1. The normalized spacial score (nSPS) is 15.1. The zero-order chi connectivity index (χ0) is 21.8. The molecule has 31 heavy (non-hydrogen) atoms. The van der Waals surface area contributed by atoms with Gasteiger partial charge in [0.15, 0.2) is 11.5 Å². The Bertz CT molecular complexity index is 1150. The van der Waals surface area contributed by atoms with E-state index in [1.165, 1.54) is 12.1 Å². The van der Waals surface area contributed by atoms with E-state index in [1.807, 2.05) is 24.3 Å². The van der Waals surface area contributed by atoms with Gasteiger partial charge in [0.1, 0.15) is 5.82 Å². The van der Waals surface area contributed by atoms with Gasteiger partial charge in [-0.3, -0.25) is 4.79 Å². The van der Waals surface area contributed by atoms with Crippen LogP contribution in [0.25, 0.3) is 0 Å². The summed E-state index contributed by atoms with van der Waals surface area (Å²) in [5, 5.41) is 2.83. The zero-order valence-corrected chi connectivity index (χ0v) is 17.3. The first kappa shape index (κ1) is 20.5. The average Bonchev–Trinajstić information content (AvgIpc) is 3.44. The molecule has 1 atom stereocenters. The van der Waals surface area contributed by atoms with Gasteiger partial charge in [-0.05, 0) is 86.8 Å². The first-order chi connectivity index (χ1) is 15.0. The Balaban J connectivity index is 1.37. The fraction of sp³-hybridized carbons (Fsp3) is 0.160. The molecule has 2 aromatic carbocycles. The van der Waals surface area contributed by atoms with Gasteiger partial charge in [0, 0.05) is 35.7 Å². The molecule has 2 heterocycles. The fourth-order valence-electron chi connectivity index (χ4n) is 3.18. The molecule has 4 rings (SSSR count). The lowest BCUT2D eigenvalue weighted by molar-refractivity contribution is 0.0996. The Morgan fingerprint density at radius 1 is 1.06 bits per heavy atom. The Labute approximate surface area is 180 Å². The summed E-state index contributed by atoms with van der Waals surface area (Å²) in [6.45, 7) is 0.896. The maximum absolute atomic E-state index is 12.9. The molecule has 0 aliphatic carbocycles. The molecule has 156 valence electrons. The number of halogens is 1. The first-order valence-electron chi connectivity index (χ1n) is 9.88. The third kappa shape index (κ3) is 5.03. The van der Waals surface area contributed by atoms with Gasteiger partial charge in [-0.25, -0.2) is 4.39 Å². The van der Waals surface area contributed by atoms with Crippen LogP contribution in [0.15, 0.2) is 77.4 Å². The van der Waals surface area contributed by atoms with Crippen molar-refractivity contribution in [2.45, 2.75) is 6.04 Å². The van der Waals surface area contributed by atoms with Crippen molar-refractivity contribution in [3.8, 4) is 11.8 Å². The predicted octanol–water partition coefficient (Wildman–Crippen LogP) is 4.33. The molecule has 6 heteroatoms. The van der Waals surface area contributed by atoms with Gasteiger partial charge in [-0.1, -0.05) is 5.92 Å². The highest BCUT2D eigenvalue weighted by atomic mass is 19.1. The van der Waals surface area contributed by atoms with Crippen LogP contribution in [0.4, 0.5) is 15.8 Å². The van der Waals surface area contributed by atoms with Gasteiger partial charge in [-0.15, -0.1) is 0 Å². The second-order valence-corrected chi connectivity index (χ2v) is 7.45. The zero-order valence-electron chi connectivity index (χ0n) is 17.3. The minimum Gasteiger partial charge on any atom is -0.443 e. The molecule has 1 aromatic heterocycles. The van der Waals surface area contributed by atoms with Crippen molar-refractivity contribution in [2.75, 3.05) is 30.9 Å². The van der Waals surface area contributed by atoms with Gasteiger partial charge in [-0.2, -0.15) is 0 Å². The third-order valence-corrected chi connectivity index (χ3v) is 5.00. The Kier molecular flexibility index (Phi) is 5.87. The van der Waals surface area contributed by atoms with Crippen LogP contribution < -0.4 is 10.2 Å². The minimum atomic E-state index is -0.351. The van der Waals surface area contributed by atoms with Crippen LogP contribution in [-0.4, -0.2) is 37.5 Å².